The first kappa shape index (κ1) is 13.5. The summed E-state index contributed by atoms with van der Waals surface area (Å²) >= 11 is 6.34. The Hall–Kier alpha value is -2.53. The summed E-state index contributed by atoms with van der Waals surface area (Å²) in [6.45, 7) is 0.592. The highest BCUT2D eigenvalue weighted by atomic mass is 35.5. The number of benzene rings is 1. The Labute approximate surface area is 126 Å². The number of nitrogen functional groups attached to an aromatic ring is 1. The molecule has 3 N–H and O–H groups in total. The molecule has 2 aromatic heterocycles. The van der Waals surface area contributed by atoms with E-state index in [9.17, 15) is 0 Å². The molecule has 0 spiro atoms. The molecule has 0 bridgehead atoms. The molecule has 6 heteroatoms. The Bertz CT molecular complexity index is 729. The summed E-state index contributed by atoms with van der Waals surface area (Å²) in [6.07, 6.45) is 1.56. The molecule has 0 aliphatic carbocycles. The van der Waals surface area contributed by atoms with E-state index >= 15 is 0 Å². The van der Waals surface area contributed by atoms with E-state index in [0.717, 1.165) is 5.56 Å². The minimum Gasteiger partial charge on any atom is -0.463 e. The van der Waals surface area contributed by atoms with E-state index in [1.54, 1.807) is 18.4 Å². The molecule has 0 radical (unpaired) electrons. The van der Waals surface area contributed by atoms with Crippen molar-refractivity contribution in [2.45, 2.75) is 6.54 Å². The Morgan fingerprint density at radius 3 is 2.62 bits per heavy atom. The van der Waals surface area contributed by atoms with Crippen LogP contribution in [0.1, 0.15) is 5.56 Å². The summed E-state index contributed by atoms with van der Waals surface area (Å²) in [5.74, 6) is 1.18. The van der Waals surface area contributed by atoms with Crippen LogP contribution in [0, 0.1) is 0 Å². The van der Waals surface area contributed by atoms with E-state index in [1.165, 1.54) is 0 Å². The maximum absolute atomic E-state index is 6.34. The minimum absolute atomic E-state index is 0.140. The molecule has 0 unspecified atom stereocenters. The van der Waals surface area contributed by atoms with Crippen LogP contribution < -0.4 is 11.1 Å². The normalized spacial score (nSPS) is 10.5. The predicted molar refractivity (Wildman–Crippen MR) is 82.9 cm³/mol. The molecule has 0 atom stereocenters. The van der Waals surface area contributed by atoms with Gasteiger partial charge in [0.05, 0.1) is 6.26 Å². The van der Waals surface area contributed by atoms with Crippen molar-refractivity contribution in [1.29, 1.82) is 0 Å². The number of rotatable bonds is 4. The van der Waals surface area contributed by atoms with E-state index < -0.39 is 0 Å². The van der Waals surface area contributed by atoms with Crippen molar-refractivity contribution < 1.29 is 4.42 Å². The first-order valence-electron chi connectivity index (χ1n) is 6.39. The molecule has 0 saturated heterocycles. The van der Waals surface area contributed by atoms with Gasteiger partial charge in [-0.25, -0.2) is 4.98 Å². The van der Waals surface area contributed by atoms with E-state index in [2.05, 4.69) is 15.3 Å². The number of furan rings is 1. The van der Waals surface area contributed by atoms with Gasteiger partial charge in [-0.15, -0.1) is 0 Å². The fraction of sp³-hybridized carbons (Fsp3) is 0.0667. The molecular weight excluding hydrogens is 288 g/mol. The zero-order chi connectivity index (χ0) is 14.7. The van der Waals surface area contributed by atoms with Crippen LogP contribution in [0.5, 0.6) is 0 Å². The maximum Gasteiger partial charge on any atom is 0.222 e. The molecule has 3 aromatic rings. The lowest BCUT2D eigenvalue weighted by atomic mass is 10.2. The zero-order valence-electron chi connectivity index (χ0n) is 11.1. The van der Waals surface area contributed by atoms with Crippen molar-refractivity contribution in [2.24, 2.45) is 0 Å². The molecular formula is C15H13ClN4O. The van der Waals surface area contributed by atoms with Crippen molar-refractivity contribution in [1.82, 2.24) is 9.97 Å². The zero-order valence-corrected chi connectivity index (χ0v) is 11.8. The molecule has 106 valence electrons. The lowest BCUT2D eigenvalue weighted by Crippen LogP contribution is -2.06. The fourth-order valence-corrected chi connectivity index (χ4v) is 2.18. The van der Waals surface area contributed by atoms with Crippen LogP contribution in [0.3, 0.4) is 0 Å². The maximum atomic E-state index is 6.34. The van der Waals surface area contributed by atoms with Crippen LogP contribution in [-0.4, -0.2) is 9.97 Å². The molecule has 21 heavy (non-hydrogen) atoms. The summed E-state index contributed by atoms with van der Waals surface area (Å²) < 4.78 is 5.32. The van der Waals surface area contributed by atoms with Crippen LogP contribution in [0.4, 0.5) is 11.8 Å². The van der Waals surface area contributed by atoms with Gasteiger partial charge in [0, 0.05) is 6.54 Å². The molecule has 0 amide bonds. The van der Waals surface area contributed by atoms with Gasteiger partial charge >= 0.3 is 0 Å². The van der Waals surface area contributed by atoms with Gasteiger partial charge in [-0.05, 0) is 17.7 Å². The molecule has 0 fully saturated rings. The summed E-state index contributed by atoms with van der Waals surface area (Å²) in [6, 6.07) is 13.5. The number of halogens is 1. The lowest BCUT2D eigenvalue weighted by molar-refractivity contribution is 0.580. The van der Waals surface area contributed by atoms with Gasteiger partial charge in [-0.1, -0.05) is 41.9 Å². The van der Waals surface area contributed by atoms with Gasteiger partial charge in [0.25, 0.3) is 0 Å². The summed E-state index contributed by atoms with van der Waals surface area (Å²) in [5.41, 5.74) is 7.33. The summed E-state index contributed by atoms with van der Waals surface area (Å²) in [5, 5.41) is 3.55. The van der Waals surface area contributed by atoms with Gasteiger partial charge in [0.2, 0.25) is 5.95 Å². The number of hydrogen-bond acceptors (Lipinski definition) is 5. The lowest BCUT2D eigenvalue weighted by Gasteiger charge is -2.10. The molecule has 0 aliphatic heterocycles. The van der Waals surface area contributed by atoms with Crippen LogP contribution in [-0.2, 0) is 6.54 Å². The predicted octanol–water partition coefficient (Wildman–Crippen LogP) is 3.58. The Kier molecular flexibility index (Phi) is 3.75. The fourth-order valence-electron chi connectivity index (χ4n) is 1.94. The second-order valence-electron chi connectivity index (χ2n) is 4.41. The number of nitrogens with two attached hydrogens (primary N) is 1. The summed E-state index contributed by atoms with van der Waals surface area (Å²) in [7, 11) is 0. The largest absolute Gasteiger partial charge is 0.463 e. The molecule has 0 aliphatic rings. The number of hydrogen-bond donors (Lipinski definition) is 2. The Balaban J connectivity index is 1.89. The highest BCUT2D eigenvalue weighted by molar-refractivity contribution is 6.35. The number of nitrogens with one attached hydrogen (secondary N) is 1. The van der Waals surface area contributed by atoms with E-state index in [0.29, 0.717) is 28.8 Å². The molecule has 1 aromatic carbocycles. The van der Waals surface area contributed by atoms with Gasteiger partial charge in [0.15, 0.2) is 11.6 Å². The van der Waals surface area contributed by atoms with Crippen LogP contribution in [0.2, 0.25) is 5.02 Å². The summed E-state index contributed by atoms with van der Waals surface area (Å²) in [4.78, 5) is 8.27. The van der Waals surface area contributed by atoms with Crippen molar-refractivity contribution in [2.75, 3.05) is 11.1 Å². The average molecular weight is 301 g/mol. The third kappa shape index (κ3) is 2.98. The van der Waals surface area contributed by atoms with Crippen molar-refractivity contribution >= 4 is 23.4 Å². The minimum atomic E-state index is 0.140. The average Bonchev–Trinajstić information content (AvgIpc) is 3.03. The third-order valence-electron chi connectivity index (χ3n) is 2.93. The number of nitrogens with zero attached hydrogens (tertiary/aromatic N) is 2. The molecule has 2 heterocycles. The number of anilines is 2. The van der Waals surface area contributed by atoms with Crippen molar-refractivity contribution in [3.8, 4) is 11.5 Å². The van der Waals surface area contributed by atoms with Crippen LogP contribution in [0.15, 0.2) is 53.1 Å². The highest BCUT2D eigenvalue weighted by Gasteiger charge is 2.15. The van der Waals surface area contributed by atoms with E-state index in [1.807, 2.05) is 30.3 Å². The SMILES string of the molecule is Nc1nc(NCc2ccccc2)c(Cl)c(-c2ccco2)n1. The quantitative estimate of drug-likeness (QED) is 0.770. The van der Waals surface area contributed by atoms with Crippen molar-refractivity contribution in [3.63, 3.8) is 0 Å². The van der Waals surface area contributed by atoms with Gasteiger partial charge in [-0.2, -0.15) is 4.98 Å². The Morgan fingerprint density at radius 1 is 1.10 bits per heavy atom. The topological polar surface area (TPSA) is 77.0 Å². The van der Waals surface area contributed by atoms with Crippen molar-refractivity contribution in [3.05, 3.63) is 59.3 Å². The third-order valence-corrected chi connectivity index (χ3v) is 3.28. The molecule has 0 saturated carbocycles. The second-order valence-corrected chi connectivity index (χ2v) is 4.79. The molecule has 5 nitrogen and oxygen atoms in total. The van der Waals surface area contributed by atoms with Crippen LogP contribution in [0.25, 0.3) is 11.5 Å². The monoisotopic (exact) mass is 300 g/mol. The first-order chi connectivity index (χ1) is 10.2. The van der Waals surface area contributed by atoms with Gasteiger partial charge in [-0.3, -0.25) is 0 Å². The molecule has 3 rings (SSSR count). The number of aromatic nitrogens is 2. The highest BCUT2D eigenvalue weighted by Crippen LogP contribution is 2.32. The van der Waals surface area contributed by atoms with E-state index in [4.69, 9.17) is 21.8 Å². The van der Waals surface area contributed by atoms with Gasteiger partial charge in [0.1, 0.15) is 10.7 Å². The second kappa shape index (κ2) is 5.85. The Morgan fingerprint density at radius 2 is 1.90 bits per heavy atom. The standard InChI is InChI=1S/C15H13ClN4O/c16-12-13(11-7-4-8-21-11)19-15(17)20-14(12)18-9-10-5-2-1-3-6-10/h1-8H,9H2,(H3,17,18,19,20). The van der Waals surface area contributed by atoms with Gasteiger partial charge < -0.3 is 15.5 Å². The van der Waals surface area contributed by atoms with Crippen LogP contribution >= 0.6 is 11.6 Å². The first-order valence-corrected chi connectivity index (χ1v) is 6.76. The smallest absolute Gasteiger partial charge is 0.222 e. The van der Waals surface area contributed by atoms with E-state index in [-0.39, 0.29) is 5.95 Å².